The lowest BCUT2D eigenvalue weighted by molar-refractivity contribution is -0.137. The first-order valence-electron chi connectivity index (χ1n) is 6.51. The highest BCUT2D eigenvalue weighted by Gasteiger charge is 2.33. The summed E-state index contributed by atoms with van der Waals surface area (Å²) in [4.78, 5) is 1.99. The van der Waals surface area contributed by atoms with Crippen LogP contribution in [0.5, 0.6) is 0 Å². The molecule has 1 aromatic rings. The molecule has 0 bridgehead atoms. The minimum atomic E-state index is -4.26. The van der Waals surface area contributed by atoms with Crippen molar-refractivity contribution in [2.45, 2.75) is 31.5 Å². The Kier molecular flexibility index (Phi) is 4.04. The number of halogens is 3. The largest absolute Gasteiger partial charge is 0.416 e. The van der Waals surface area contributed by atoms with Crippen LogP contribution >= 0.6 is 0 Å². The van der Waals surface area contributed by atoms with Crippen molar-refractivity contribution >= 4 is 5.69 Å². The summed E-state index contributed by atoms with van der Waals surface area (Å²) in [7, 11) is 3.79. The molecule has 0 saturated heterocycles. The lowest BCUT2D eigenvalue weighted by Crippen LogP contribution is -2.28. The summed E-state index contributed by atoms with van der Waals surface area (Å²) in [6, 6.07) is 4.38. The third kappa shape index (κ3) is 3.03. The quantitative estimate of drug-likeness (QED) is 0.847. The lowest BCUT2D eigenvalue weighted by atomic mass is 10.0. The van der Waals surface area contributed by atoms with Crippen molar-refractivity contribution < 1.29 is 13.2 Å². The van der Waals surface area contributed by atoms with Crippen LogP contribution in [-0.2, 0) is 12.6 Å². The van der Waals surface area contributed by atoms with Gasteiger partial charge in [0.2, 0.25) is 0 Å². The highest BCUT2D eigenvalue weighted by molar-refractivity contribution is 5.60. The van der Waals surface area contributed by atoms with Crippen molar-refractivity contribution in [2.24, 2.45) is 0 Å². The molecule has 2 rings (SSSR count). The number of anilines is 1. The number of hydrogen-bond donors (Lipinski definition) is 1. The summed E-state index contributed by atoms with van der Waals surface area (Å²) >= 11 is 0. The highest BCUT2D eigenvalue weighted by atomic mass is 19.4. The zero-order valence-electron chi connectivity index (χ0n) is 11.2. The van der Waals surface area contributed by atoms with Gasteiger partial charge in [0, 0.05) is 18.8 Å². The number of alkyl halides is 3. The van der Waals surface area contributed by atoms with Crippen molar-refractivity contribution in [1.82, 2.24) is 5.32 Å². The predicted octanol–water partition coefficient (Wildman–Crippen LogP) is 3.07. The Hall–Kier alpha value is -1.23. The SMILES string of the molecule is CNCCCC1Cc2ccc(C(F)(F)F)cc2N1C. The van der Waals surface area contributed by atoms with E-state index in [1.54, 1.807) is 6.07 Å². The fourth-order valence-corrected chi connectivity index (χ4v) is 2.64. The molecular weight excluding hydrogens is 253 g/mol. The van der Waals surface area contributed by atoms with E-state index in [9.17, 15) is 13.2 Å². The van der Waals surface area contributed by atoms with Crippen LogP contribution in [0.3, 0.4) is 0 Å². The van der Waals surface area contributed by atoms with Gasteiger partial charge >= 0.3 is 6.18 Å². The second kappa shape index (κ2) is 5.41. The smallest absolute Gasteiger partial charge is 0.371 e. The van der Waals surface area contributed by atoms with Crippen LogP contribution in [0.1, 0.15) is 24.0 Å². The van der Waals surface area contributed by atoms with Gasteiger partial charge in [-0.3, -0.25) is 0 Å². The maximum atomic E-state index is 12.7. The van der Waals surface area contributed by atoms with E-state index in [2.05, 4.69) is 5.32 Å². The van der Waals surface area contributed by atoms with Gasteiger partial charge in [0.05, 0.1) is 5.56 Å². The molecule has 5 heteroatoms. The summed E-state index contributed by atoms with van der Waals surface area (Å²) in [6.45, 7) is 0.939. The molecule has 0 aliphatic carbocycles. The van der Waals surface area contributed by atoms with E-state index in [0.717, 1.165) is 37.1 Å². The predicted molar refractivity (Wildman–Crippen MR) is 70.5 cm³/mol. The molecule has 2 nitrogen and oxygen atoms in total. The van der Waals surface area contributed by atoms with Crippen LogP contribution in [0, 0.1) is 0 Å². The third-order valence-electron chi connectivity index (χ3n) is 3.76. The molecule has 1 aromatic carbocycles. The van der Waals surface area contributed by atoms with Crippen molar-refractivity contribution in [2.75, 3.05) is 25.5 Å². The average molecular weight is 272 g/mol. The maximum absolute atomic E-state index is 12.7. The zero-order chi connectivity index (χ0) is 14.0. The van der Waals surface area contributed by atoms with Crippen LogP contribution in [0.25, 0.3) is 0 Å². The van der Waals surface area contributed by atoms with Crippen LogP contribution in [0.15, 0.2) is 18.2 Å². The molecule has 106 valence electrons. The van der Waals surface area contributed by atoms with E-state index >= 15 is 0 Å². The van der Waals surface area contributed by atoms with Crippen molar-refractivity contribution in [3.63, 3.8) is 0 Å². The fraction of sp³-hybridized carbons (Fsp3) is 0.571. The average Bonchev–Trinajstić information content (AvgIpc) is 2.66. The molecule has 1 aliphatic rings. The molecule has 1 N–H and O–H groups in total. The Bertz CT molecular complexity index is 443. The highest BCUT2D eigenvalue weighted by Crippen LogP contribution is 2.38. The van der Waals surface area contributed by atoms with Gasteiger partial charge < -0.3 is 10.2 Å². The van der Waals surface area contributed by atoms with Gasteiger partial charge in [0.15, 0.2) is 0 Å². The Morgan fingerprint density at radius 2 is 2.11 bits per heavy atom. The molecule has 0 saturated carbocycles. The molecular formula is C14H19F3N2. The minimum Gasteiger partial charge on any atom is -0.371 e. The second-order valence-corrected chi connectivity index (χ2v) is 5.06. The third-order valence-corrected chi connectivity index (χ3v) is 3.76. The van der Waals surface area contributed by atoms with Gasteiger partial charge in [-0.1, -0.05) is 6.07 Å². The molecule has 0 aromatic heterocycles. The Morgan fingerprint density at radius 1 is 1.37 bits per heavy atom. The Morgan fingerprint density at radius 3 is 2.74 bits per heavy atom. The van der Waals surface area contributed by atoms with E-state index in [1.165, 1.54) is 12.1 Å². The van der Waals surface area contributed by atoms with Gasteiger partial charge in [0.1, 0.15) is 0 Å². The molecule has 0 fully saturated rings. The summed E-state index contributed by atoms with van der Waals surface area (Å²) in [5, 5.41) is 3.09. The van der Waals surface area contributed by atoms with Gasteiger partial charge in [-0.05, 0) is 50.6 Å². The summed E-state index contributed by atoms with van der Waals surface area (Å²) in [5.74, 6) is 0. The number of nitrogens with zero attached hydrogens (tertiary/aromatic N) is 1. The molecule has 0 radical (unpaired) electrons. The molecule has 0 amide bonds. The zero-order valence-corrected chi connectivity index (χ0v) is 11.2. The summed E-state index contributed by atoms with van der Waals surface area (Å²) in [5.41, 5.74) is 1.18. The van der Waals surface area contributed by atoms with E-state index in [4.69, 9.17) is 0 Å². The number of fused-ring (bicyclic) bond motifs is 1. The normalized spacial score (nSPS) is 18.8. The van der Waals surface area contributed by atoms with Gasteiger partial charge in [-0.2, -0.15) is 13.2 Å². The monoisotopic (exact) mass is 272 g/mol. The molecule has 1 atom stereocenters. The first-order valence-corrected chi connectivity index (χ1v) is 6.51. The standard InChI is InChI=1S/C14H19F3N2/c1-18-7-3-4-12-8-10-5-6-11(14(15,16)17)9-13(10)19(12)2/h5-6,9,12,18H,3-4,7-8H2,1-2H3. The number of likely N-dealkylation sites (N-methyl/N-ethyl adjacent to an activating group) is 1. The Labute approximate surface area is 111 Å². The molecule has 0 spiro atoms. The Balaban J connectivity index is 2.12. The summed E-state index contributed by atoms with van der Waals surface area (Å²) < 4.78 is 38.1. The van der Waals surface area contributed by atoms with Crippen molar-refractivity contribution in [3.8, 4) is 0 Å². The van der Waals surface area contributed by atoms with Gasteiger partial charge in [-0.15, -0.1) is 0 Å². The number of rotatable bonds is 4. The van der Waals surface area contributed by atoms with Crippen LogP contribution in [0.4, 0.5) is 18.9 Å². The lowest BCUT2D eigenvalue weighted by Gasteiger charge is -2.23. The first kappa shape index (κ1) is 14.2. The molecule has 1 unspecified atom stereocenters. The second-order valence-electron chi connectivity index (χ2n) is 5.06. The van der Waals surface area contributed by atoms with E-state index < -0.39 is 11.7 Å². The first-order chi connectivity index (χ1) is 8.93. The van der Waals surface area contributed by atoms with Crippen molar-refractivity contribution in [3.05, 3.63) is 29.3 Å². The van der Waals surface area contributed by atoms with E-state index in [-0.39, 0.29) is 0 Å². The maximum Gasteiger partial charge on any atom is 0.416 e. The minimum absolute atomic E-state index is 0.312. The number of nitrogens with one attached hydrogen (secondary N) is 1. The van der Waals surface area contributed by atoms with Crippen molar-refractivity contribution in [1.29, 1.82) is 0 Å². The molecule has 19 heavy (non-hydrogen) atoms. The van der Waals surface area contributed by atoms with E-state index in [0.29, 0.717) is 6.04 Å². The molecule has 1 aliphatic heterocycles. The topological polar surface area (TPSA) is 15.3 Å². The van der Waals surface area contributed by atoms with Crippen LogP contribution in [0.2, 0.25) is 0 Å². The fourth-order valence-electron chi connectivity index (χ4n) is 2.64. The summed E-state index contributed by atoms with van der Waals surface area (Å²) in [6.07, 6.45) is -1.40. The van der Waals surface area contributed by atoms with Crippen LogP contribution < -0.4 is 10.2 Å². The van der Waals surface area contributed by atoms with Gasteiger partial charge in [0.25, 0.3) is 0 Å². The number of hydrogen-bond acceptors (Lipinski definition) is 2. The van der Waals surface area contributed by atoms with E-state index in [1.807, 2.05) is 19.0 Å². The number of benzene rings is 1. The van der Waals surface area contributed by atoms with Crippen LogP contribution in [-0.4, -0.2) is 26.7 Å². The molecule has 1 heterocycles. The van der Waals surface area contributed by atoms with Gasteiger partial charge in [-0.25, -0.2) is 0 Å².